The van der Waals surface area contributed by atoms with E-state index in [1.807, 2.05) is 0 Å². The van der Waals surface area contributed by atoms with Crippen LogP contribution in [-0.2, 0) is 21.1 Å². The Labute approximate surface area is 101 Å². The first-order chi connectivity index (χ1) is 3.80. The summed E-state index contributed by atoms with van der Waals surface area (Å²) < 4.78 is 0. The van der Waals surface area contributed by atoms with Crippen molar-refractivity contribution < 1.29 is 52.0 Å². The summed E-state index contributed by atoms with van der Waals surface area (Å²) in [4.78, 5) is 0. The molecule has 2 unspecified atom stereocenters. The van der Waals surface area contributed by atoms with Crippen molar-refractivity contribution in [1.82, 2.24) is 0 Å². The van der Waals surface area contributed by atoms with Gasteiger partial charge in [0.1, 0.15) is 0 Å². The average molecular weight is 333 g/mol. The van der Waals surface area contributed by atoms with Gasteiger partial charge >= 0.3 is 29.6 Å². The van der Waals surface area contributed by atoms with Gasteiger partial charge in [0.15, 0.2) is 0 Å². The average Bonchev–Trinajstić information content (AvgIpc) is 1.77. The molecule has 0 aromatic heterocycles. The third-order valence-electron chi connectivity index (χ3n) is 1.87. The van der Waals surface area contributed by atoms with Gasteiger partial charge in [0.25, 0.3) is 0 Å². The van der Waals surface area contributed by atoms with E-state index in [1.165, 1.54) is 12.8 Å². The van der Waals surface area contributed by atoms with E-state index in [1.54, 1.807) is 0 Å². The SMILES string of the molecule is NC1CCCCC1N.[H-].[Na+].[Pt]. The van der Waals surface area contributed by atoms with E-state index in [0.29, 0.717) is 0 Å². The minimum Gasteiger partial charge on any atom is -1.00 e. The Balaban J connectivity index is -0.000000213. The molecule has 0 heterocycles. The van der Waals surface area contributed by atoms with Crippen LogP contribution in [0.4, 0.5) is 0 Å². The zero-order valence-corrected chi connectivity index (χ0v) is 10.7. The van der Waals surface area contributed by atoms with Crippen molar-refractivity contribution in [2.45, 2.75) is 37.8 Å². The molecule has 0 amide bonds. The number of hydrogen-bond donors (Lipinski definition) is 2. The smallest absolute Gasteiger partial charge is 1.00 e. The van der Waals surface area contributed by atoms with Crippen molar-refractivity contribution in [3.05, 3.63) is 0 Å². The van der Waals surface area contributed by atoms with E-state index in [2.05, 4.69) is 0 Å². The normalized spacial score (nSPS) is 31.8. The molecule has 0 aromatic rings. The van der Waals surface area contributed by atoms with Crippen molar-refractivity contribution in [2.24, 2.45) is 11.5 Å². The van der Waals surface area contributed by atoms with Crippen molar-refractivity contribution in [3.63, 3.8) is 0 Å². The molecule has 1 fully saturated rings. The topological polar surface area (TPSA) is 52.0 Å². The van der Waals surface area contributed by atoms with Crippen molar-refractivity contribution in [3.8, 4) is 0 Å². The van der Waals surface area contributed by atoms with Crippen LogP contribution < -0.4 is 41.0 Å². The maximum absolute atomic E-state index is 5.65. The van der Waals surface area contributed by atoms with Gasteiger partial charge in [-0.15, -0.1) is 0 Å². The zero-order valence-electron chi connectivity index (χ0n) is 7.45. The molecule has 0 aromatic carbocycles. The van der Waals surface area contributed by atoms with Gasteiger partial charge in [-0.2, -0.15) is 0 Å². The first-order valence-electron chi connectivity index (χ1n) is 3.32. The van der Waals surface area contributed by atoms with Crippen LogP contribution in [-0.4, -0.2) is 12.1 Å². The fraction of sp³-hybridized carbons (Fsp3) is 1.00. The van der Waals surface area contributed by atoms with Gasteiger partial charge in [-0.3, -0.25) is 0 Å². The van der Waals surface area contributed by atoms with Crippen molar-refractivity contribution >= 4 is 0 Å². The van der Waals surface area contributed by atoms with Crippen LogP contribution >= 0.6 is 0 Å². The fourth-order valence-corrected chi connectivity index (χ4v) is 1.19. The third kappa shape index (κ3) is 4.48. The van der Waals surface area contributed by atoms with Crippen LogP contribution in [0.2, 0.25) is 0 Å². The minimum absolute atomic E-state index is 0. The summed E-state index contributed by atoms with van der Waals surface area (Å²) in [6.07, 6.45) is 4.80. The molecule has 0 spiro atoms. The Hall–Kier alpha value is 1.61. The standard InChI is InChI=1S/C6H14N2.Na.Pt.H/c7-5-3-1-2-4-6(5)8;;;/h5-6H,1-4,7-8H2;;;/q;+1;;-1. The van der Waals surface area contributed by atoms with E-state index >= 15 is 0 Å². The van der Waals surface area contributed by atoms with Crippen LogP contribution in [0.15, 0.2) is 0 Å². The monoisotopic (exact) mass is 333 g/mol. The molecule has 2 nitrogen and oxygen atoms in total. The predicted octanol–water partition coefficient (Wildman–Crippen LogP) is -2.67. The maximum Gasteiger partial charge on any atom is 1.00 e. The Kier molecular flexibility index (Phi) is 10.3. The maximum atomic E-state index is 5.65. The molecule has 4 N–H and O–H groups in total. The van der Waals surface area contributed by atoms with Gasteiger partial charge in [-0.05, 0) is 12.8 Å². The minimum atomic E-state index is 0. The second kappa shape index (κ2) is 7.27. The summed E-state index contributed by atoms with van der Waals surface area (Å²) >= 11 is 0. The summed E-state index contributed by atoms with van der Waals surface area (Å²) in [5, 5.41) is 0. The van der Waals surface area contributed by atoms with Crippen LogP contribution in [0.25, 0.3) is 0 Å². The molecule has 1 aliphatic rings. The van der Waals surface area contributed by atoms with Gasteiger partial charge in [0, 0.05) is 33.1 Å². The van der Waals surface area contributed by atoms with Gasteiger partial charge in [0.2, 0.25) is 0 Å². The summed E-state index contributed by atoms with van der Waals surface area (Å²) in [6.45, 7) is 0. The van der Waals surface area contributed by atoms with Crippen molar-refractivity contribution in [2.75, 3.05) is 0 Å². The largest absolute Gasteiger partial charge is 1.00 e. The Bertz CT molecular complexity index is 77.0. The third-order valence-corrected chi connectivity index (χ3v) is 1.87. The quantitative estimate of drug-likeness (QED) is 0.475. The van der Waals surface area contributed by atoms with Gasteiger partial charge < -0.3 is 12.9 Å². The molecule has 0 radical (unpaired) electrons. The van der Waals surface area contributed by atoms with Crippen LogP contribution in [0.1, 0.15) is 27.1 Å². The summed E-state index contributed by atoms with van der Waals surface area (Å²) in [6, 6.07) is 0.562. The molecule has 10 heavy (non-hydrogen) atoms. The molecule has 1 rings (SSSR count). The van der Waals surface area contributed by atoms with Crippen LogP contribution in [0, 0.1) is 0 Å². The van der Waals surface area contributed by atoms with E-state index in [9.17, 15) is 0 Å². The van der Waals surface area contributed by atoms with Crippen LogP contribution in [0.3, 0.4) is 0 Å². The number of rotatable bonds is 0. The van der Waals surface area contributed by atoms with Gasteiger partial charge in [-0.25, -0.2) is 0 Å². The Morgan fingerprint density at radius 1 is 1.00 bits per heavy atom. The van der Waals surface area contributed by atoms with Crippen molar-refractivity contribution in [1.29, 1.82) is 0 Å². The van der Waals surface area contributed by atoms with Gasteiger partial charge in [-0.1, -0.05) is 12.8 Å². The second-order valence-electron chi connectivity index (χ2n) is 2.61. The van der Waals surface area contributed by atoms with Gasteiger partial charge in [0.05, 0.1) is 0 Å². The molecule has 0 aliphatic heterocycles. The first kappa shape index (κ1) is 14.2. The predicted molar refractivity (Wildman–Crippen MR) is 35.5 cm³/mol. The molecule has 1 aliphatic carbocycles. The molecule has 60 valence electrons. The fourth-order valence-electron chi connectivity index (χ4n) is 1.19. The first-order valence-corrected chi connectivity index (χ1v) is 3.32. The van der Waals surface area contributed by atoms with Crippen LogP contribution in [0.5, 0.6) is 0 Å². The molecule has 0 saturated heterocycles. The summed E-state index contributed by atoms with van der Waals surface area (Å²) in [5.41, 5.74) is 11.3. The molecule has 4 heteroatoms. The number of hydrogen-bond acceptors (Lipinski definition) is 2. The molecular formula is C6H15N2NaPt. The Morgan fingerprint density at radius 2 is 1.30 bits per heavy atom. The summed E-state index contributed by atoms with van der Waals surface area (Å²) in [7, 11) is 0. The molecule has 0 bridgehead atoms. The molecule has 1 saturated carbocycles. The Morgan fingerprint density at radius 3 is 1.50 bits per heavy atom. The van der Waals surface area contributed by atoms with E-state index in [4.69, 9.17) is 11.5 Å². The molecule has 2 atom stereocenters. The molecular weight excluding hydrogens is 318 g/mol. The van der Waals surface area contributed by atoms with E-state index in [-0.39, 0.29) is 64.1 Å². The van der Waals surface area contributed by atoms with E-state index in [0.717, 1.165) is 12.8 Å². The summed E-state index contributed by atoms with van der Waals surface area (Å²) in [5.74, 6) is 0. The van der Waals surface area contributed by atoms with E-state index < -0.39 is 0 Å². The zero-order chi connectivity index (χ0) is 5.98. The number of nitrogens with two attached hydrogens (primary N) is 2. The second-order valence-corrected chi connectivity index (χ2v) is 2.61.